The number of hydrogen-bond acceptors (Lipinski definition) is 2. The topological polar surface area (TPSA) is 40.5 Å². The maximum atomic E-state index is 12.6. The Labute approximate surface area is 146 Å². The fourth-order valence-electron chi connectivity index (χ4n) is 4.43. The molecular weight excluding hydrogens is 298 g/mol. The van der Waals surface area contributed by atoms with Crippen molar-refractivity contribution in [1.82, 2.24) is 4.90 Å². The van der Waals surface area contributed by atoms with Gasteiger partial charge in [0, 0.05) is 19.5 Å². The van der Waals surface area contributed by atoms with Crippen LogP contribution >= 0.6 is 0 Å². The minimum absolute atomic E-state index is 0.240. The van der Waals surface area contributed by atoms with Gasteiger partial charge in [0.05, 0.1) is 6.10 Å². The largest absolute Gasteiger partial charge is 0.393 e. The summed E-state index contributed by atoms with van der Waals surface area (Å²) < 4.78 is 0. The summed E-state index contributed by atoms with van der Waals surface area (Å²) in [4.78, 5) is 14.6. The molecule has 1 saturated heterocycles. The smallest absolute Gasteiger partial charge is 0.222 e. The van der Waals surface area contributed by atoms with E-state index in [0.717, 1.165) is 32.4 Å². The second-order valence-corrected chi connectivity index (χ2v) is 7.79. The van der Waals surface area contributed by atoms with Crippen LogP contribution in [-0.2, 0) is 4.79 Å². The van der Waals surface area contributed by atoms with Crippen molar-refractivity contribution < 1.29 is 9.90 Å². The van der Waals surface area contributed by atoms with E-state index in [-0.39, 0.29) is 6.10 Å². The minimum atomic E-state index is -0.240. The van der Waals surface area contributed by atoms with E-state index in [4.69, 9.17) is 0 Å². The Hall–Kier alpha value is -1.35. The Kier molecular flexibility index (Phi) is 5.94. The highest BCUT2D eigenvalue weighted by molar-refractivity contribution is 5.76. The quantitative estimate of drug-likeness (QED) is 0.908. The molecule has 3 heteroatoms. The van der Waals surface area contributed by atoms with E-state index in [9.17, 15) is 9.90 Å². The fourth-order valence-corrected chi connectivity index (χ4v) is 4.43. The molecule has 1 aliphatic heterocycles. The molecule has 0 radical (unpaired) electrons. The highest BCUT2D eigenvalue weighted by Gasteiger charge is 2.28. The van der Waals surface area contributed by atoms with E-state index in [1.54, 1.807) is 0 Å². The molecule has 0 bridgehead atoms. The zero-order valence-corrected chi connectivity index (χ0v) is 14.9. The zero-order valence-electron chi connectivity index (χ0n) is 14.9. The van der Waals surface area contributed by atoms with Crippen molar-refractivity contribution in [2.24, 2.45) is 11.8 Å². The van der Waals surface area contributed by atoms with Gasteiger partial charge in [0.25, 0.3) is 0 Å². The van der Waals surface area contributed by atoms with Crippen LogP contribution in [-0.4, -0.2) is 35.1 Å². The average Bonchev–Trinajstić information content (AvgIpc) is 2.63. The molecular formula is C21H31NO2. The Bertz CT molecular complexity index is 512. The van der Waals surface area contributed by atoms with Gasteiger partial charge in [0.15, 0.2) is 0 Å². The van der Waals surface area contributed by atoms with Crippen molar-refractivity contribution in [2.45, 2.75) is 63.9 Å². The predicted molar refractivity (Wildman–Crippen MR) is 96.7 cm³/mol. The number of aliphatic hydroxyl groups excluding tert-OH is 1. The summed E-state index contributed by atoms with van der Waals surface area (Å²) in [5, 5.41) is 9.68. The first kappa shape index (κ1) is 17.5. The first-order valence-electron chi connectivity index (χ1n) is 9.64. The number of likely N-dealkylation sites (tertiary alicyclic amines) is 1. The first-order chi connectivity index (χ1) is 11.6. The zero-order chi connectivity index (χ0) is 16.9. The van der Waals surface area contributed by atoms with Crippen molar-refractivity contribution in [3.05, 3.63) is 35.9 Å². The lowest BCUT2D eigenvalue weighted by Crippen LogP contribution is -2.41. The van der Waals surface area contributed by atoms with Gasteiger partial charge in [-0.25, -0.2) is 0 Å². The van der Waals surface area contributed by atoms with Crippen LogP contribution in [0.2, 0.25) is 0 Å². The number of aliphatic hydroxyl groups is 1. The molecule has 132 valence electrons. The maximum absolute atomic E-state index is 12.6. The standard InChI is InChI=1S/C21H31NO2/c1-16(23)18-11-13-22(14-12-18)21(24)15-17-7-9-20(10-8-17)19-5-3-2-4-6-19/h2-6,16-18,20,23H,7-15H2,1H3. The van der Waals surface area contributed by atoms with Crippen LogP contribution in [0.4, 0.5) is 0 Å². The summed E-state index contributed by atoms with van der Waals surface area (Å²) in [6.45, 7) is 3.52. The summed E-state index contributed by atoms with van der Waals surface area (Å²) in [5.41, 5.74) is 1.46. The number of amides is 1. The predicted octanol–water partition coefficient (Wildman–Crippen LogP) is 3.97. The average molecular weight is 329 g/mol. The maximum Gasteiger partial charge on any atom is 0.222 e. The first-order valence-corrected chi connectivity index (χ1v) is 9.64. The van der Waals surface area contributed by atoms with Gasteiger partial charge in [-0.15, -0.1) is 0 Å². The van der Waals surface area contributed by atoms with Crippen LogP contribution in [0.3, 0.4) is 0 Å². The lowest BCUT2D eigenvalue weighted by molar-refractivity contribution is -0.134. The van der Waals surface area contributed by atoms with E-state index >= 15 is 0 Å². The second-order valence-electron chi connectivity index (χ2n) is 7.79. The van der Waals surface area contributed by atoms with Crippen LogP contribution in [0.1, 0.15) is 63.4 Å². The van der Waals surface area contributed by atoms with E-state index in [1.165, 1.54) is 31.2 Å². The van der Waals surface area contributed by atoms with E-state index in [2.05, 4.69) is 30.3 Å². The summed E-state index contributed by atoms with van der Waals surface area (Å²) in [6, 6.07) is 10.8. The number of carbonyl (C=O) groups excluding carboxylic acids is 1. The van der Waals surface area contributed by atoms with Gasteiger partial charge in [0.1, 0.15) is 0 Å². The van der Waals surface area contributed by atoms with Gasteiger partial charge >= 0.3 is 0 Å². The fraction of sp³-hybridized carbons (Fsp3) is 0.667. The van der Waals surface area contributed by atoms with Gasteiger partial charge in [-0.05, 0) is 68.8 Å². The molecule has 3 rings (SSSR count). The van der Waals surface area contributed by atoms with Crippen molar-refractivity contribution in [2.75, 3.05) is 13.1 Å². The third-order valence-electron chi connectivity index (χ3n) is 6.16. The van der Waals surface area contributed by atoms with Crippen LogP contribution < -0.4 is 0 Å². The molecule has 1 atom stereocenters. The number of benzene rings is 1. The van der Waals surface area contributed by atoms with Gasteiger partial charge in [-0.3, -0.25) is 4.79 Å². The van der Waals surface area contributed by atoms with Gasteiger partial charge in [-0.1, -0.05) is 30.3 Å². The lowest BCUT2D eigenvalue weighted by Gasteiger charge is -2.35. The van der Waals surface area contributed by atoms with Crippen LogP contribution in [0.25, 0.3) is 0 Å². The number of rotatable bonds is 4. The molecule has 1 N–H and O–H groups in total. The minimum Gasteiger partial charge on any atom is -0.393 e. The highest BCUT2D eigenvalue weighted by Crippen LogP contribution is 2.37. The molecule has 1 saturated carbocycles. The molecule has 1 aromatic rings. The van der Waals surface area contributed by atoms with Crippen LogP contribution in [0.15, 0.2) is 30.3 Å². The second kappa shape index (κ2) is 8.15. The summed E-state index contributed by atoms with van der Waals surface area (Å²) in [6.07, 6.45) is 7.16. The molecule has 1 aromatic carbocycles. The van der Waals surface area contributed by atoms with Gasteiger partial charge in [0.2, 0.25) is 5.91 Å². The molecule has 0 spiro atoms. The van der Waals surface area contributed by atoms with Crippen LogP contribution in [0, 0.1) is 11.8 Å². The van der Waals surface area contributed by atoms with E-state index in [1.807, 2.05) is 11.8 Å². The van der Waals surface area contributed by atoms with Gasteiger partial charge in [-0.2, -0.15) is 0 Å². The Morgan fingerprint density at radius 3 is 2.29 bits per heavy atom. The third-order valence-corrected chi connectivity index (χ3v) is 6.16. The monoisotopic (exact) mass is 329 g/mol. The lowest BCUT2D eigenvalue weighted by atomic mass is 9.77. The molecule has 1 amide bonds. The molecule has 3 nitrogen and oxygen atoms in total. The molecule has 1 unspecified atom stereocenters. The SMILES string of the molecule is CC(O)C1CCN(C(=O)CC2CCC(c3ccccc3)CC2)CC1. The molecule has 2 aliphatic rings. The van der Waals surface area contributed by atoms with Crippen molar-refractivity contribution >= 4 is 5.91 Å². The number of piperidine rings is 1. The summed E-state index contributed by atoms with van der Waals surface area (Å²) in [7, 11) is 0. The van der Waals surface area contributed by atoms with Crippen molar-refractivity contribution in [3.63, 3.8) is 0 Å². The number of nitrogens with zero attached hydrogens (tertiary/aromatic N) is 1. The number of carbonyl (C=O) groups is 1. The third kappa shape index (κ3) is 4.38. The van der Waals surface area contributed by atoms with Crippen LogP contribution in [0.5, 0.6) is 0 Å². The molecule has 1 aliphatic carbocycles. The number of hydrogen-bond donors (Lipinski definition) is 1. The highest BCUT2D eigenvalue weighted by atomic mass is 16.3. The molecule has 0 aromatic heterocycles. The molecule has 2 fully saturated rings. The van der Waals surface area contributed by atoms with E-state index in [0.29, 0.717) is 23.7 Å². The normalized spacial score (nSPS) is 27.0. The molecule has 24 heavy (non-hydrogen) atoms. The van der Waals surface area contributed by atoms with E-state index < -0.39 is 0 Å². The Morgan fingerprint density at radius 2 is 1.71 bits per heavy atom. The van der Waals surface area contributed by atoms with Crippen molar-refractivity contribution in [3.8, 4) is 0 Å². The summed E-state index contributed by atoms with van der Waals surface area (Å²) >= 11 is 0. The Morgan fingerprint density at radius 1 is 1.08 bits per heavy atom. The molecule has 1 heterocycles. The summed E-state index contributed by atoms with van der Waals surface area (Å²) in [5.74, 6) is 1.95. The Balaban J connectivity index is 1.42. The van der Waals surface area contributed by atoms with Crippen molar-refractivity contribution in [1.29, 1.82) is 0 Å². The van der Waals surface area contributed by atoms with Gasteiger partial charge < -0.3 is 10.0 Å².